The molecular weight excluding hydrogens is 463 g/mol. The van der Waals surface area contributed by atoms with E-state index >= 15 is 0 Å². The van der Waals surface area contributed by atoms with Crippen LogP contribution < -0.4 is 0 Å². The van der Waals surface area contributed by atoms with Crippen LogP contribution in [0.5, 0.6) is 0 Å². The molecule has 1 aliphatic heterocycles. The van der Waals surface area contributed by atoms with E-state index in [1.54, 1.807) is 11.8 Å². The summed E-state index contributed by atoms with van der Waals surface area (Å²) in [6.45, 7) is 2.72. The Bertz CT molecular complexity index is 1240. The fourth-order valence-electron chi connectivity index (χ4n) is 4.14. The van der Waals surface area contributed by atoms with Crippen molar-refractivity contribution in [1.82, 2.24) is 35.3 Å². The third-order valence-electron chi connectivity index (χ3n) is 6.28. The van der Waals surface area contributed by atoms with E-state index < -0.39 is 11.7 Å². The van der Waals surface area contributed by atoms with Gasteiger partial charge in [-0.25, -0.2) is 0 Å². The summed E-state index contributed by atoms with van der Waals surface area (Å²) in [4.78, 5) is 15.7. The Kier molecular flexibility index (Phi) is 6.12. The second-order valence-electron chi connectivity index (χ2n) is 8.96. The van der Waals surface area contributed by atoms with Gasteiger partial charge < -0.3 is 9.32 Å². The van der Waals surface area contributed by atoms with E-state index in [0.717, 1.165) is 25.0 Å². The van der Waals surface area contributed by atoms with Crippen LogP contribution in [0.4, 0.5) is 13.2 Å². The minimum absolute atomic E-state index is 0.00293. The molecular formula is C23H24F3N7O2. The number of carbonyl (C=O) groups is 1. The maximum Gasteiger partial charge on any atom is 0.416 e. The Morgan fingerprint density at radius 1 is 1.09 bits per heavy atom. The van der Waals surface area contributed by atoms with E-state index in [0.29, 0.717) is 60.6 Å². The van der Waals surface area contributed by atoms with Crippen LogP contribution in [0.25, 0.3) is 6.08 Å². The van der Waals surface area contributed by atoms with Crippen LogP contribution in [-0.4, -0.2) is 54.3 Å². The van der Waals surface area contributed by atoms with Crippen molar-refractivity contribution in [2.24, 2.45) is 0 Å². The van der Waals surface area contributed by atoms with Gasteiger partial charge >= 0.3 is 6.18 Å². The van der Waals surface area contributed by atoms with Crippen LogP contribution in [0.15, 0.2) is 28.7 Å². The lowest BCUT2D eigenvalue weighted by Crippen LogP contribution is -2.36. The number of likely N-dealkylation sites (tertiary alicyclic amines) is 1. The van der Waals surface area contributed by atoms with Gasteiger partial charge in [0.2, 0.25) is 17.7 Å². The molecule has 1 saturated carbocycles. The number of aromatic nitrogens is 6. The normalized spacial score (nSPS) is 17.4. The molecule has 1 aliphatic carbocycles. The molecule has 5 rings (SSSR count). The number of carbonyl (C=O) groups excluding carboxylic acids is 1. The van der Waals surface area contributed by atoms with E-state index in [9.17, 15) is 18.0 Å². The van der Waals surface area contributed by atoms with Crippen molar-refractivity contribution in [3.05, 3.63) is 58.6 Å². The van der Waals surface area contributed by atoms with Crippen molar-refractivity contribution in [3.8, 4) is 0 Å². The Labute approximate surface area is 199 Å². The van der Waals surface area contributed by atoms with Crippen LogP contribution in [0.1, 0.15) is 71.8 Å². The fourth-order valence-corrected chi connectivity index (χ4v) is 4.14. The maximum atomic E-state index is 13.3. The number of amides is 1. The summed E-state index contributed by atoms with van der Waals surface area (Å²) in [6.07, 6.45) is 2.06. The molecule has 0 unspecified atom stereocenters. The molecule has 2 fully saturated rings. The highest BCUT2D eigenvalue weighted by atomic mass is 19.4. The molecule has 184 valence electrons. The predicted octanol–water partition coefficient (Wildman–Crippen LogP) is 3.73. The molecule has 0 bridgehead atoms. The van der Waals surface area contributed by atoms with Gasteiger partial charge in [-0.05, 0) is 67.2 Å². The Morgan fingerprint density at radius 2 is 1.77 bits per heavy atom. The fraction of sp³-hybridized carbons (Fsp3) is 0.478. The summed E-state index contributed by atoms with van der Waals surface area (Å²) in [7, 11) is 0. The van der Waals surface area contributed by atoms with Crippen LogP contribution in [0, 0.1) is 6.92 Å². The first-order valence-corrected chi connectivity index (χ1v) is 11.5. The van der Waals surface area contributed by atoms with E-state index in [2.05, 4.69) is 25.6 Å². The van der Waals surface area contributed by atoms with E-state index in [4.69, 9.17) is 4.42 Å². The molecule has 2 aromatic heterocycles. The summed E-state index contributed by atoms with van der Waals surface area (Å²) in [5, 5.41) is 20.0. The Morgan fingerprint density at radius 3 is 2.37 bits per heavy atom. The van der Waals surface area contributed by atoms with Gasteiger partial charge in [0, 0.05) is 31.0 Å². The zero-order chi connectivity index (χ0) is 24.6. The largest absolute Gasteiger partial charge is 0.425 e. The van der Waals surface area contributed by atoms with Crippen molar-refractivity contribution in [2.45, 2.75) is 57.2 Å². The van der Waals surface area contributed by atoms with Crippen LogP contribution in [-0.2, 0) is 17.5 Å². The zero-order valence-electron chi connectivity index (χ0n) is 19.1. The number of piperidine rings is 1. The van der Waals surface area contributed by atoms with Crippen molar-refractivity contribution in [2.75, 3.05) is 13.1 Å². The lowest BCUT2D eigenvalue weighted by molar-refractivity contribution is -0.137. The molecule has 1 amide bonds. The van der Waals surface area contributed by atoms with Gasteiger partial charge in [-0.2, -0.15) is 18.0 Å². The number of benzene rings is 1. The van der Waals surface area contributed by atoms with E-state index in [1.165, 1.54) is 23.0 Å². The number of hydrogen-bond acceptors (Lipinski definition) is 7. The van der Waals surface area contributed by atoms with E-state index in [1.807, 2.05) is 0 Å². The zero-order valence-corrected chi connectivity index (χ0v) is 19.1. The lowest BCUT2D eigenvalue weighted by Gasteiger charge is -2.29. The molecule has 35 heavy (non-hydrogen) atoms. The lowest BCUT2D eigenvalue weighted by atomic mass is 9.96. The third-order valence-corrected chi connectivity index (χ3v) is 6.28. The molecule has 2 aliphatic rings. The second-order valence-corrected chi connectivity index (χ2v) is 8.96. The molecule has 0 radical (unpaired) electrons. The highest BCUT2D eigenvalue weighted by Gasteiger charge is 2.33. The minimum atomic E-state index is -4.49. The van der Waals surface area contributed by atoms with Gasteiger partial charge in [0.15, 0.2) is 5.82 Å². The molecule has 9 nitrogen and oxygen atoms in total. The van der Waals surface area contributed by atoms with Gasteiger partial charge in [0.05, 0.1) is 12.1 Å². The van der Waals surface area contributed by atoms with Gasteiger partial charge in [0.25, 0.3) is 0 Å². The monoisotopic (exact) mass is 487 g/mol. The van der Waals surface area contributed by atoms with Crippen molar-refractivity contribution < 1.29 is 22.4 Å². The van der Waals surface area contributed by atoms with Crippen LogP contribution >= 0.6 is 0 Å². The smallest absolute Gasteiger partial charge is 0.416 e. The van der Waals surface area contributed by atoms with Crippen molar-refractivity contribution >= 4 is 12.0 Å². The third kappa shape index (κ3) is 5.41. The molecule has 0 spiro atoms. The molecule has 0 N–H and O–H groups in total. The molecule has 1 aromatic carbocycles. The number of rotatable bonds is 6. The highest BCUT2D eigenvalue weighted by Crippen LogP contribution is 2.40. The number of halogens is 3. The molecule has 1 saturated heterocycles. The van der Waals surface area contributed by atoms with Crippen molar-refractivity contribution in [3.63, 3.8) is 0 Å². The standard InChI is InChI=1S/C23H24F3N7O2/c1-14-27-31-33(30-14)13-18-12-19(23(24,25)26)6-4-15(18)5-7-20(34)32-10-8-17(9-11-32)22-29-28-21(35-22)16-2-3-16/h4-7,12,16-17H,2-3,8-11,13H2,1H3/b7-5+. The average molecular weight is 487 g/mol. The number of nitrogens with zero attached hydrogens (tertiary/aromatic N) is 7. The summed E-state index contributed by atoms with van der Waals surface area (Å²) in [5.41, 5.74) is 0.0400. The molecule has 0 atom stereocenters. The predicted molar refractivity (Wildman–Crippen MR) is 117 cm³/mol. The first-order chi connectivity index (χ1) is 16.8. The number of alkyl halides is 3. The summed E-state index contributed by atoms with van der Waals surface area (Å²) in [5.74, 6) is 2.10. The number of tetrazole rings is 1. The summed E-state index contributed by atoms with van der Waals surface area (Å²) < 4.78 is 45.6. The molecule has 3 heterocycles. The van der Waals surface area contributed by atoms with Crippen LogP contribution in [0.3, 0.4) is 0 Å². The van der Waals surface area contributed by atoms with Crippen molar-refractivity contribution in [1.29, 1.82) is 0 Å². The molecule has 3 aromatic rings. The Balaban J connectivity index is 1.25. The first-order valence-electron chi connectivity index (χ1n) is 11.5. The minimum Gasteiger partial charge on any atom is -0.425 e. The Hall–Kier alpha value is -3.57. The van der Waals surface area contributed by atoms with Gasteiger partial charge in [-0.15, -0.1) is 20.4 Å². The van der Waals surface area contributed by atoms with Gasteiger partial charge in [-0.3, -0.25) is 4.79 Å². The summed E-state index contributed by atoms with van der Waals surface area (Å²) in [6, 6.07) is 3.40. The van der Waals surface area contributed by atoms with Gasteiger partial charge in [-0.1, -0.05) is 6.07 Å². The topological polar surface area (TPSA) is 103 Å². The quantitative estimate of drug-likeness (QED) is 0.488. The molecule has 12 heteroatoms. The average Bonchev–Trinajstić information content (AvgIpc) is 3.42. The SMILES string of the molecule is Cc1nnn(Cc2cc(C(F)(F)F)ccc2/C=C/C(=O)N2CCC(c3nnc(C4CC4)o3)CC2)n1. The maximum absolute atomic E-state index is 13.3. The number of hydrogen-bond donors (Lipinski definition) is 0. The van der Waals surface area contributed by atoms with Crippen LogP contribution in [0.2, 0.25) is 0 Å². The van der Waals surface area contributed by atoms with Gasteiger partial charge in [0.1, 0.15) is 0 Å². The number of aryl methyl sites for hydroxylation is 1. The highest BCUT2D eigenvalue weighted by molar-refractivity contribution is 5.92. The van der Waals surface area contributed by atoms with E-state index in [-0.39, 0.29) is 18.4 Å². The summed E-state index contributed by atoms with van der Waals surface area (Å²) >= 11 is 0. The second kappa shape index (κ2) is 9.23. The first kappa shape index (κ1) is 23.2.